The molecule has 19 heavy (non-hydrogen) atoms. The maximum atomic E-state index is 11.7. The molecule has 0 spiro atoms. The van der Waals surface area contributed by atoms with Gasteiger partial charge in [0.1, 0.15) is 5.60 Å². The molecule has 1 aromatic rings. The summed E-state index contributed by atoms with van der Waals surface area (Å²) < 4.78 is 5.18. The van der Waals surface area contributed by atoms with Gasteiger partial charge in [0.2, 0.25) is 0 Å². The van der Waals surface area contributed by atoms with E-state index in [0.717, 1.165) is 5.56 Å². The highest BCUT2D eigenvalue weighted by atomic mass is 35.5. The number of nitriles is 1. The summed E-state index contributed by atoms with van der Waals surface area (Å²) in [6, 6.07) is 7.25. The molecule has 0 saturated carbocycles. The molecular formula is C14H17ClN2O2. The number of hydrogen-bond donors (Lipinski definition) is 1. The van der Waals surface area contributed by atoms with Gasteiger partial charge in [0.05, 0.1) is 6.07 Å². The number of rotatable bonds is 3. The topological polar surface area (TPSA) is 62.1 Å². The minimum atomic E-state index is -0.560. The van der Waals surface area contributed by atoms with E-state index in [4.69, 9.17) is 21.6 Å². The second kappa shape index (κ2) is 6.44. The monoisotopic (exact) mass is 280 g/mol. The Balaban J connectivity index is 2.84. The lowest BCUT2D eigenvalue weighted by atomic mass is 10.1. The quantitative estimate of drug-likeness (QED) is 0.905. The van der Waals surface area contributed by atoms with Gasteiger partial charge in [-0.1, -0.05) is 17.7 Å². The molecule has 1 amide bonds. The molecule has 1 N–H and O–H groups in total. The van der Waals surface area contributed by atoms with Crippen molar-refractivity contribution in [3.8, 4) is 6.07 Å². The van der Waals surface area contributed by atoms with Crippen LogP contribution in [0.2, 0.25) is 5.02 Å². The highest BCUT2D eigenvalue weighted by Gasteiger charge is 2.17. The second-order valence-electron chi connectivity index (χ2n) is 5.09. The summed E-state index contributed by atoms with van der Waals surface area (Å²) >= 11 is 5.91. The fourth-order valence-electron chi connectivity index (χ4n) is 1.49. The number of benzene rings is 1. The average molecular weight is 281 g/mol. The number of ether oxygens (including phenoxy) is 1. The third-order valence-electron chi connectivity index (χ3n) is 2.21. The van der Waals surface area contributed by atoms with E-state index in [1.807, 2.05) is 0 Å². The molecule has 0 aliphatic carbocycles. The van der Waals surface area contributed by atoms with Crippen molar-refractivity contribution < 1.29 is 9.53 Å². The Morgan fingerprint density at radius 3 is 2.74 bits per heavy atom. The van der Waals surface area contributed by atoms with Crippen LogP contribution in [0, 0.1) is 11.3 Å². The maximum Gasteiger partial charge on any atom is 0.412 e. The van der Waals surface area contributed by atoms with Gasteiger partial charge in [-0.2, -0.15) is 5.26 Å². The van der Waals surface area contributed by atoms with Gasteiger partial charge in [-0.25, -0.2) is 4.79 Å². The van der Waals surface area contributed by atoms with Crippen molar-refractivity contribution >= 4 is 23.4 Å². The predicted molar refractivity (Wildman–Crippen MR) is 75.2 cm³/mol. The number of carbonyl (C=O) groups excluding carboxylic acids is 1. The lowest BCUT2D eigenvalue weighted by Gasteiger charge is -2.20. The van der Waals surface area contributed by atoms with Gasteiger partial charge < -0.3 is 4.74 Å². The van der Waals surface area contributed by atoms with Crippen LogP contribution >= 0.6 is 11.6 Å². The van der Waals surface area contributed by atoms with E-state index in [2.05, 4.69) is 11.4 Å². The van der Waals surface area contributed by atoms with Crippen LogP contribution in [0.15, 0.2) is 18.2 Å². The van der Waals surface area contributed by atoms with Crippen molar-refractivity contribution in [1.82, 2.24) is 0 Å². The van der Waals surface area contributed by atoms with E-state index in [-0.39, 0.29) is 0 Å². The Morgan fingerprint density at radius 1 is 1.47 bits per heavy atom. The first kappa shape index (κ1) is 15.3. The zero-order valence-electron chi connectivity index (χ0n) is 11.3. The first-order valence-electron chi connectivity index (χ1n) is 5.97. The van der Waals surface area contributed by atoms with Crippen LogP contribution in [-0.4, -0.2) is 11.7 Å². The molecular weight excluding hydrogens is 264 g/mol. The molecule has 0 radical (unpaired) electrons. The van der Waals surface area contributed by atoms with E-state index < -0.39 is 11.7 Å². The molecule has 1 rings (SSSR count). The van der Waals surface area contributed by atoms with Crippen molar-refractivity contribution in [2.75, 3.05) is 5.32 Å². The molecule has 0 bridgehead atoms. The smallest absolute Gasteiger partial charge is 0.412 e. The van der Waals surface area contributed by atoms with Crippen molar-refractivity contribution in [2.45, 2.75) is 39.2 Å². The van der Waals surface area contributed by atoms with Gasteiger partial charge in [0, 0.05) is 17.1 Å². The number of nitrogens with one attached hydrogen (secondary N) is 1. The fourth-order valence-corrected chi connectivity index (χ4v) is 1.66. The molecule has 0 atom stereocenters. The first-order chi connectivity index (χ1) is 8.81. The summed E-state index contributed by atoms with van der Waals surface area (Å²) in [6.45, 7) is 5.38. The summed E-state index contributed by atoms with van der Waals surface area (Å²) in [4.78, 5) is 11.7. The van der Waals surface area contributed by atoms with Crippen molar-refractivity contribution in [2.24, 2.45) is 0 Å². The lowest BCUT2D eigenvalue weighted by Crippen LogP contribution is -2.27. The number of anilines is 1. The summed E-state index contributed by atoms with van der Waals surface area (Å²) in [5.41, 5.74) is 0.879. The van der Waals surface area contributed by atoms with E-state index in [1.54, 1.807) is 39.0 Å². The zero-order valence-corrected chi connectivity index (χ0v) is 12.0. The maximum absolute atomic E-state index is 11.7. The second-order valence-corrected chi connectivity index (χ2v) is 5.52. The Bertz CT molecular complexity index is 501. The average Bonchev–Trinajstić information content (AvgIpc) is 2.25. The molecule has 0 saturated heterocycles. The Kier molecular flexibility index (Phi) is 5.20. The number of carbonyl (C=O) groups is 1. The van der Waals surface area contributed by atoms with Crippen molar-refractivity contribution in [3.63, 3.8) is 0 Å². The fraction of sp³-hybridized carbons (Fsp3) is 0.429. The van der Waals surface area contributed by atoms with Gasteiger partial charge in [-0.3, -0.25) is 5.32 Å². The number of halogens is 1. The number of amides is 1. The predicted octanol–water partition coefficient (Wildman–Crippen LogP) is 4.14. The van der Waals surface area contributed by atoms with Crippen LogP contribution in [0.5, 0.6) is 0 Å². The van der Waals surface area contributed by atoms with Crippen LogP contribution in [0.4, 0.5) is 10.5 Å². The Morgan fingerprint density at radius 2 is 2.16 bits per heavy atom. The molecule has 102 valence electrons. The van der Waals surface area contributed by atoms with Gasteiger partial charge in [-0.05, 0) is 44.9 Å². The van der Waals surface area contributed by atoms with Crippen LogP contribution in [0.1, 0.15) is 32.8 Å². The standard InChI is InChI=1S/C14H17ClN2O2/c1-14(2,3)19-13(18)17-12-9-11(15)7-6-10(12)5-4-8-16/h6-7,9H,4-5H2,1-3H3,(H,17,18). The van der Waals surface area contributed by atoms with Gasteiger partial charge in [-0.15, -0.1) is 0 Å². The number of hydrogen-bond acceptors (Lipinski definition) is 3. The number of nitrogens with zero attached hydrogens (tertiary/aromatic N) is 1. The zero-order chi connectivity index (χ0) is 14.5. The van der Waals surface area contributed by atoms with Crippen molar-refractivity contribution in [1.29, 1.82) is 5.26 Å². The lowest BCUT2D eigenvalue weighted by molar-refractivity contribution is 0.0636. The molecule has 5 heteroatoms. The normalized spacial score (nSPS) is 10.7. The Hall–Kier alpha value is -1.73. The molecule has 0 aliphatic rings. The van der Waals surface area contributed by atoms with Gasteiger partial charge in [0.15, 0.2) is 0 Å². The van der Waals surface area contributed by atoms with E-state index in [1.165, 1.54) is 0 Å². The van der Waals surface area contributed by atoms with Gasteiger partial charge in [0.25, 0.3) is 0 Å². The molecule has 0 unspecified atom stereocenters. The van der Waals surface area contributed by atoms with Gasteiger partial charge >= 0.3 is 6.09 Å². The number of aryl methyl sites for hydroxylation is 1. The molecule has 0 fully saturated rings. The van der Waals surface area contributed by atoms with Crippen LogP contribution in [-0.2, 0) is 11.2 Å². The van der Waals surface area contributed by atoms with Crippen LogP contribution in [0.3, 0.4) is 0 Å². The van der Waals surface area contributed by atoms with E-state index in [9.17, 15) is 4.79 Å². The Labute approximate surface area is 118 Å². The van der Waals surface area contributed by atoms with Crippen molar-refractivity contribution in [3.05, 3.63) is 28.8 Å². The highest BCUT2D eigenvalue weighted by molar-refractivity contribution is 6.31. The molecule has 4 nitrogen and oxygen atoms in total. The molecule has 0 aromatic heterocycles. The molecule has 1 aromatic carbocycles. The summed E-state index contributed by atoms with van der Waals surface area (Å²) in [5.74, 6) is 0. The summed E-state index contributed by atoms with van der Waals surface area (Å²) in [5, 5.41) is 11.8. The molecule has 0 heterocycles. The summed E-state index contributed by atoms with van der Waals surface area (Å²) in [6.07, 6.45) is 0.400. The SMILES string of the molecule is CC(C)(C)OC(=O)Nc1cc(Cl)ccc1CCC#N. The van der Waals surface area contributed by atoms with E-state index in [0.29, 0.717) is 23.6 Å². The highest BCUT2D eigenvalue weighted by Crippen LogP contribution is 2.23. The van der Waals surface area contributed by atoms with Crippen LogP contribution in [0.25, 0.3) is 0 Å². The largest absolute Gasteiger partial charge is 0.444 e. The minimum Gasteiger partial charge on any atom is -0.444 e. The minimum absolute atomic E-state index is 0.380. The van der Waals surface area contributed by atoms with E-state index >= 15 is 0 Å². The third kappa shape index (κ3) is 5.62. The van der Waals surface area contributed by atoms with Crippen LogP contribution < -0.4 is 5.32 Å². The first-order valence-corrected chi connectivity index (χ1v) is 6.35. The molecule has 0 aliphatic heterocycles. The third-order valence-corrected chi connectivity index (χ3v) is 2.45. The summed E-state index contributed by atoms with van der Waals surface area (Å²) in [7, 11) is 0.